The minimum atomic E-state index is -0.489. The molecule has 1 unspecified atom stereocenters. The number of halogens is 1. The highest BCUT2D eigenvalue weighted by Gasteiger charge is 2.25. The summed E-state index contributed by atoms with van der Waals surface area (Å²) in [6, 6.07) is 6.01. The molecule has 1 aliphatic heterocycles. The second kappa shape index (κ2) is 7.23. The highest BCUT2D eigenvalue weighted by Crippen LogP contribution is 2.30. The first-order chi connectivity index (χ1) is 12.0. The van der Waals surface area contributed by atoms with Gasteiger partial charge in [0, 0.05) is 24.7 Å². The van der Waals surface area contributed by atoms with Gasteiger partial charge in [0.2, 0.25) is 0 Å². The lowest BCUT2D eigenvalue weighted by atomic mass is 9.99. The number of benzene rings is 1. The summed E-state index contributed by atoms with van der Waals surface area (Å²) in [6.07, 6.45) is 5.93. The average molecular weight is 363 g/mol. The first-order valence-electron chi connectivity index (χ1n) is 8.32. The number of hydrogen-bond acceptors (Lipinski definition) is 5. The van der Waals surface area contributed by atoms with Crippen LogP contribution >= 0.6 is 11.6 Å². The summed E-state index contributed by atoms with van der Waals surface area (Å²) in [6.45, 7) is 2.99. The topological polar surface area (TPSA) is 81.3 Å². The van der Waals surface area contributed by atoms with Crippen molar-refractivity contribution < 1.29 is 4.92 Å². The molecular weight excluding hydrogens is 344 g/mol. The normalized spacial score (nSPS) is 17.5. The van der Waals surface area contributed by atoms with Crippen molar-refractivity contribution in [2.75, 3.05) is 11.4 Å². The molecule has 25 heavy (non-hydrogen) atoms. The number of piperidine rings is 1. The van der Waals surface area contributed by atoms with Crippen LogP contribution in [-0.4, -0.2) is 27.3 Å². The lowest BCUT2D eigenvalue weighted by molar-refractivity contribution is -0.384. The quantitative estimate of drug-likeness (QED) is 0.613. The van der Waals surface area contributed by atoms with Crippen molar-refractivity contribution in [2.45, 2.75) is 38.6 Å². The van der Waals surface area contributed by atoms with Gasteiger partial charge in [-0.3, -0.25) is 14.9 Å². The highest BCUT2D eigenvalue weighted by atomic mass is 35.5. The Morgan fingerprint density at radius 1 is 1.32 bits per heavy atom. The first kappa shape index (κ1) is 17.4. The van der Waals surface area contributed by atoms with Gasteiger partial charge in [-0.05, 0) is 37.8 Å². The molecule has 2 heterocycles. The Kier molecular flexibility index (Phi) is 5.03. The fourth-order valence-corrected chi connectivity index (χ4v) is 3.50. The molecule has 0 N–H and O–H groups in total. The van der Waals surface area contributed by atoms with E-state index in [-0.39, 0.29) is 10.7 Å². The summed E-state index contributed by atoms with van der Waals surface area (Å²) in [5.74, 6) is 0. The summed E-state index contributed by atoms with van der Waals surface area (Å²) in [5.41, 5.74) is 0.637. The molecule has 0 aliphatic carbocycles. The number of hydrogen-bond donors (Lipinski definition) is 0. The van der Waals surface area contributed by atoms with Crippen LogP contribution in [0.3, 0.4) is 0 Å². The Bertz CT molecular complexity index is 835. The van der Waals surface area contributed by atoms with Crippen LogP contribution in [0, 0.1) is 10.1 Å². The van der Waals surface area contributed by atoms with Crippen LogP contribution in [0.1, 0.15) is 32.6 Å². The maximum atomic E-state index is 12.7. The summed E-state index contributed by atoms with van der Waals surface area (Å²) in [5, 5.41) is 15.1. The van der Waals surface area contributed by atoms with Crippen molar-refractivity contribution in [3.8, 4) is 5.69 Å². The minimum Gasteiger partial charge on any atom is -0.366 e. The van der Waals surface area contributed by atoms with Crippen molar-refractivity contribution in [3.05, 3.63) is 56.0 Å². The molecule has 3 rings (SSSR count). The number of aromatic nitrogens is 2. The van der Waals surface area contributed by atoms with Gasteiger partial charge in [0.15, 0.2) is 0 Å². The number of nitrogens with zero attached hydrogens (tertiary/aromatic N) is 4. The highest BCUT2D eigenvalue weighted by molar-refractivity contribution is 6.33. The van der Waals surface area contributed by atoms with Gasteiger partial charge < -0.3 is 4.90 Å². The second-order valence-electron chi connectivity index (χ2n) is 6.09. The molecule has 1 saturated heterocycles. The first-order valence-corrected chi connectivity index (χ1v) is 8.70. The van der Waals surface area contributed by atoms with Crippen molar-refractivity contribution in [1.82, 2.24) is 9.78 Å². The van der Waals surface area contributed by atoms with Gasteiger partial charge >= 0.3 is 0 Å². The number of rotatable bonds is 4. The Morgan fingerprint density at radius 3 is 2.68 bits per heavy atom. The van der Waals surface area contributed by atoms with Gasteiger partial charge in [0.1, 0.15) is 5.02 Å². The van der Waals surface area contributed by atoms with Crippen molar-refractivity contribution in [3.63, 3.8) is 0 Å². The summed E-state index contributed by atoms with van der Waals surface area (Å²) >= 11 is 6.36. The lowest BCUT2D eigenvalue weighted by Gasteiger charge is -2.37. The zero-order chi connectivity index (χ0) is 18.0. The van der Waals surface area contributed by atoms with E-state index in [9.17, 15) is 14.9 Å². The predicted molar refractivity (Wildman–Crippen MR) is 96.8 cm³/mol. The van der Waals surface area contributed by atoms with Crippen LogP contribution in [0.25, 0.3) is 5.69 Å². The van der Waals surface area contributed by atoms with E-state index in [2.05, 4.69) is 16.9 Å². The Labute approximate surface area is 150 Å². The van der Waals surface area contributed by atoms with Crippen molar-refractivity contribution in [1.29, 1.82) is 0 Å². The SMILES string of the molecule is CCC1CCCCN1c1cnn(-c2ccc([N+](=O)[O-])cc2)c(=O)c1Cl. The molecule has 1 aromatic heterocycles. The molecule has 1 aromatic carbocycles. The van der Waals surface area contributed by atoms with Crippen molar-refractivity contribution in [2.24, 2.45) is 0 Å². The summed E-state index contributed by atoms with van der Waals surface area (Å²) < 4.78 is 1.17. The van der Waals surface area contributed by atoms with Crippen LogP contribution in [0.4, 0.5) is 11.4 Å². The Hall–Kier alpha value is -2.41. The molecule has 0 radical (unpaired) electrons. The predicted octanol–water partition coefficient (Wildman–Crippen LogP) is 3.56. The zero-order valence-electron chi connectivity index (χ0n) is 13.9. The smallest absolute Gasteiger partial charge is 0.292 e. The Morgan fingerprint density at radius 2 is 2.04 bits per heavy atom. The van der Waals surface area contributed by atoms with E-state index in [0.717, 1.165) is 25.8 Å². The van der Waals surface area contributed by atoms with E-state index in [4.69, 9.17) is 11.6 Å². The van der Waals surface area contributed by atoms with Crippen LogP contribution in [0.15, 0.2) is 35.3 Å². The van der Waals surface area contributed by atoms with E-state index in [0.29, 0.717) is 17.4 Å². The van der Waals surface area contributed by atoms with Gasteiger partial charge in [-0.2, -0.15) is 9.78 Å². The number of nitro groups is 1. The molecule has 0 bridgehead atoms. The number of anilines is 1. The van der Waals surface area contributed by atoms with E-state index in [1.54, 1.807) is 6.20 Å². The summed E-state index contributed by atoms with van der Waals surface area (Å²) in [7, 11) is 0. The molecule has 1 fully saturated rings. The van der Waals surface area contributed by atoms with E-state index < -0.39 is 10.5 Å². The van der Waals surface area contributed by atoms with Crippen molar-refractivity contribution >= 4 is 23.0 Å². The second-order valence-corrected chi connectivity index (χ2v) is 6.46. The third-order valence-electron chi connectivity index (χ3n) is 4.61. The van der Waals surface area contributed by atoms with Gasteiger partial charge in [-0.15, -0.1) is 0 Å². The molecule has 0 amide bonds. The average Bonchev–Trinajstić information content (AvgIpc) is 2.64. The van der Waals surface area contributed by atoms with Gasteiger partial charge in [-0.25, -0.2) is 0 Å². The molecule has 1 aliphatic rings. The monoisotopic (exact) mass is 362 g/mol. The molecule has 2 aromatic rings. The van der Waals surface area contributed by atoms with Crippen LogP contribution in [0.5, 0.6) is 0 Å². The third-order valence-corrected chi connectivity index (χ3v) is 4.97. The van der Waals surface area contributed by atoms with Crippen LogP contribution < -0.4 is 10.5 Å². The molecule has 0 spiro atoms. The molecular formula is C17H19ClN4O3. The third kappa shape index (κ3) is 3.37. The minimum absolute atomic E-state index is 0.0429. The maximum absolute atomic E-state index is 12.7. The molecule has 0 saturated carbocycles. The number of nitro benzene ring substituents is 1. The van der Waals surface area contributed by atoms with Crippen LogP contribution in [-0.2, 0) is 0 Å². The molecule has 8 heteroatoms. The lowest BCUT2D eigenvalue weighted by Crippen LogP contribution is -2.40. The standard InChI is InChI=1S/C17H19ClN4O3/c1-2-12-5-3-4-10-20(12)15-11-19-21(17(23)16(15)18)13-6-8-14(9-7-13)22(24)25/h6-9,11-12H,2-5,10H2,1H3. The van der Waals surface area contributed by atoms with Crippen LogP contribution in [0.2, 0.25) is 5.02 Å². The number of non-ortho nitro benzene ring substituents is 1. The van der Waals surface area contributed by atoms with Gasteiger partial charge in [0.25, 0.3) is 11.2 Å². The summed E-state index contributed by atoms with van der Waals surface area (Å²) in [4.78, 5) is 25.1. The van der Waals surface area contributed by atoms with E-state index in [1.165, 1.54) is 35.4 Å². The van der Waals surface area contributed by atoms with E-state index >= 15 is 0 Å². The zero-order valence-corrected chi connectivity index (χ0v) is 14.6. The maximum Gasteiger partial charge on any atom is 0.292 e. The van der Waals surface area contributed by atoms with Gasteiger partial charge in [-0.1, -0.05) is 18.5 Å². The molecule has 7 nitrogen and oxygen atoms in total. The van der Waals surface area contributed by atoms with Gasteiger partial charge in [0.05, 0.1) is 22.5 Å². The molecule has 1 atom stereocenters. The molecule has 132 valence electrons. The largest absolute Gasteiger partial charge is 0.366 e. The Balaban J connectivity index is 1.97. The van der Waals surface area contributed by atoms with E-state index in [1.807, 2.05) is 0 Å². The fourth-order valence-electron chi connectivity index (χ4n) is 3.27. The fraction of sp³-hybridized carbons (Fsp3) is 0.412.